The summed E-state index contributed by atoms with van der Waals surface area (Å²) in [6.07, 6.45) is 0. The zero-order chi connectivity index (χ0) is 50.2. The summed E-state index contributed by atoms with van der Waals surface area (Å²) in [5.41, 5.74) is 24.7. The predicted molar refractivity (Wildman–Crippen MR) is 320 cm³/mol. The van der Waals surface area contributed by atoms with Crippen LogP contribution in [0.4, 0.5) is 17.1 Å². The lowest BCUT2D eigenvalue weighted by Crippen LogP contribution is -2.17. The lowest BCUT2D eigenvalue weighted by Gasteiger charge is -2.30. The Bertz CT molecular complexity index is 4470. The van der Waals surface area contributed by atoms with E-state index in [2.05, 4.69) is 280 Å². The molecule has 0 fully saturated rings. The summed E-state index contributed by atoms with van der Waals surface area (Å²) in [5.74, 6) is 0. The van der Waals surface area contributed by atoms with Crippen LogP contribution in [0, 0.1) is 0 Å². The lowest BCUT2D eigenvalue weighted by atomic mass is 9.81. The van der Waals surface area contributed by atoms with Crippen molar-refractivity contribution in [2.24, 2.45) is 0 Å². The first kappa shape index (κ1) is 43.8. The third-order valence-corrected chi connectivity index (χ3v) is 18.0. The molecule has 356 valence electrons. The van der Waals surface area contributed by atoms with Crippen molar-refractivity contribution >= 4 is 70.4 Å². The number of hydrogen-bond donors (Lipinski definition) is 0. The van der Waals surface area contributed by atoms with E-state index < -0.39 is 0 Å². The van der Waals surface area contributed by atoms with E-state index >= 15 is 0 Å². The molecule has 0 aliphatic heterocycles. The molecule has 2 aliphatic carbocycles. The van der Waals surface area contributed by atoms with Gasteiger partial charge in [-0.2, -0.15) is 0 Å². The van der Waals surface area contributed by atoms with Gasteiger partial charge in [0.25, 0.3) is 0 Å². The summed E-state index contributed by atoms with van der Waals surface area (Å²) >= 11 is 1.87. The molecule has 0 N–H and O–H groups in total. The molecule has 0 amide bonds. The topological polar surface area (TPSA) is 8.17 Å². The minimum Gasteiger partial charge on any atom is -0.310 e. The molecule has 0 unspecified atom stereocenters. The number of anilines is 3. The molecule has 0 spiro atoms. The summed E-state index contributed by atoms with van der Waals surface area (Å²) in [6, 6.07) is 90.8. The van der Waals surface area contributed by atoms with Crippen molar-refractivity contribution in [3.63, 3.8) is 0 Å². The highest BCUT2D eigenvalue weighted by molar-refractivity contribution is 7.25. The average molecular weight is 977 g/mol. The standard InChI is InChI=1S/C72H52N2S/c1-71(2)61-24-12-8-20-54(61)55-39-36-51(44-64(55)71)73(50-34-29-45(30-35-50)46-31-38-58-57-21-11-15-28-68(57)75-69(58)43-46)65-25-13-9-19-52(65)47-33-40-62-60(41-47)56-37-32-48(42-63(56)72(62,3)4)53-23-16-27-67-70(53)59-22-10-14-26-66(59)74(67)49-17-6-5-7-18-49/h5-44H,1-4H3. The maximum absolute atomic E-state index is 2.49. The van der Waals surface area contributed by atoms with Gasteiger partial charge in [-0.15, -0.1) is 11.3 Å². The molecule has 2 aromatic heterocycles. The van der Waals surface area contributed by atoms with Crippen LogP contribution in [-0.4, -0.2) is 4.57 Å². The van der Waals surface area contributed by atoms with Crippen LogP contribution < -0.4 is 4.90 Å². The van der Waals surface area contributed by atoms with Crippen LogP contribution in [-0.2, 0) is 10.8 Å². The fourth-order valence-corrected chi connectivity index (χ4v) is 14.2. The minimum atomic E-state index is -0.200. The van der Waals surface area contributed by atoms with Gasteiger partial charge in [0.2, 0.25) is 0 Å². The molecule has 0 bridgehead atoms. The van der Waals surface area contributed by atoms with Crippen LogP contribution in [0.25, 0.3) is 103 Å². The highest BCUT2D eigenvalue weighted by Crippen LogP contribution is 2.54. The Morgan fingerprint density at radius 2 is 0.907 bits per heavy atom. The zero-order valence-electron chi connectivity index (χ0n) is 42.4. The molecular formula is C72H52N2S. The molecule has 15 rings (SSSR count). The number of fused-ring (bicyclic) bond motifs is 12. The van der Waals surface area contributed by atoms with Gasteiger partial charge in [-0.25, -0.2) is 0 Å². The van der Waals surface area contributed by atoms with E-state index in [0.29, 0.717) is 0 Å². The summed E-state index contributed by atoms with van der Waals surface area (Å²) in [7, 11) is 0. The molecule has 11 aromatic carbocycles. The summed E-state index contributed by atoms with van der Waals surface area (Å²) in [6.45, 7) is 9.55. The van der Waals surface area contributed by atoms with Crippen LogP contribution >= 0.6 is 11.3 Å². The van der Waals surface area contributed by atoms with Crippen molar-refractivity contribution < 1.29 is 0 Å². The Morgan fingerprint density at radius 1 is 0.333 bits per heavy atom. The molecule has 13 aromatic rings. The van der Waals surface area contributed by atoms with Crippen LogP contribution in [0.1, 0.15) is 49.9 Å². The molecule has 2 nitrogen and oxygen atoms in total. The van der Waals surface area contributed by atoms with Crippen molar-refractivity contribution in [1.29, 1.82) is 0 Å². The number of benzene rings is 11. The fraction of sp³-hybridized carbons (Fsp3) is 0.0833. The number of rotatable bonds is 7. The Morgan fingerprint density at radius 3 is 1.76 bits per heavy atom. The summed E-state index contributed by atoms with van der Waals surface area (Å²) in [5, 5.41) is 5.20. The van der Waals surface area contributed by atoms with Gasteiger partial charge in [-0.3, -0.25) is 0 Å². The fourth-order valence-electron chi connectivity index (χ4n) is 13.1. The zero-order valence-corrected chi connectivity index (χ0v) is 43.2. The first-order valence-electron chi connectivity index (χ1n) is 26.2. The molecular weight excluding hydrogens is 925 g/mol. The Labute approximate surface area is 442 Å². The summed E-state index contributed by atoms with van der Waals surface area (Å²) in [4.78, 5) is 2.49. The van der Waals surface area contributed by atoms with Gasteiger partial charge in [0.15, 0.2) is 0 Å². The molecule has 0 radical (unpaired) electrons. The Kier molecular flexibility index (Phi) is 9.56. The van der Waals surface area contributed by atoms with E-state index in [9.17, 15) is 0 Å². The number of nitrogens with zero attached hydrogens (tertiary/aromatic N) is 2. The maximum atomic E-state index is 2.49. The van der Waals surface area contributed by atoms with Crippen molar-refractivity contribution in [2.75, 3.05) is 4.90 Å². The van der Waals surface area contributed by atoms with Gasteiger partial charge in [0, 0.05) is 64.4 Å². The molecule has 75 heavy (non-hydrogen) atoms. The quantitative estimate of drug-likeness (QED) is 0.154. The third kappa shape index (κ3) is 6.57. The molecule has 0 atom stereocenters. The normalized spacial score (nSPS) is 13.8. The average Bonchev–Trinajstić information content (AvgIpc) is 4.14. The Hall–Kier alpha value is -8.76. The van der Waals surface area contributed by atoms with Crippen LogP contribution in [0.5, 0.6) is 0 Å². The van der Waals surface area contributed by atoms with Crippen LogP contribution in [0.15, 0.2) is 243 Å². The van der Waals surface area contributed by atoms with Gasteiger partial charge in [-0.05, 0) is 151 Å². The minimum absolute atomic E-state index is 0.143. The van der Waals surface area contributed by atoms with E-state index in [1.807, 2.05) is 11.3 Å². The molecule has 2 heterocycles. The number of hydrogen-bond acceptors (Lipinski definition) is 2. The third-order valence-electron chi connectivity index (χ3n) is 16.8. The van der Waals surface area contributed by atoms with Crippen LogP contribution in [0.3, 0.4) is 0 Å². The monoisotopic (exact) mass is 976 g/mol. The van der Waals surface area contributed by atoms with Gasteiger partial charge < -0.3 is 9.47 Å². The van der Waals surface area contributed by atoms with E-state index in [4.69, 9.17) is 0 Å². The van der Waals surface area contributed by atoms with Gasteiger partial charge in [0.1, 0.15) is 0 Å². The first-order chi connectivity index (χ1) is 36.7. The lowest BCUT2D eigenvalue weighted by molar-refractivity contribution is 0.660. The van der Waals surface area contributed by atoms with E-state index in [1.54, 1.807) is 0 Å². The van der Waals surface area contributed by atoms with Gasteiger partial charge in [-0.1, -0.05) is 191 Å². The highest BCUT2D eigenvalue weighted by atomic mass is 32.1. The van der Waals surface area contributed by atoms with E-state index in [-0.39, 0.29) is 10.8 Å². The first-order valence-corrected chi connectivity index (χ1v) is 27.1. The van der Waals surface area contributed by atoms with Crippen molar-refractivity contribution in [1.82, 2.24) is 4.57 Å². The smallest absolute Gasteiger partial charge is 0.0547 e. The predicted octanol–water partition coefficient (Wildman–Crippen LogP) is 20.2. The number of thiophene rings is 1. The van der Waals surface area contributed by atoms with Crippen LogP contribution in [0.2, 0.25) is 0 Å². The van der Waals surface area contributed by atoms with E-state index in [0.717, 1.165) is 17.1 Å². The van der Waals surface area contributed by atoms with Gasteiger partial charge >= 0.3 is 0 Å². The number of para-hydroxylation sites is 3. The SMILES string of the molecule is CC1(C)c2ccc(-c3ccccc3N(c3ccc(-c4ccc5c(c4)sc4ccccc45)cc3)c3ccc4c(c3)C(C)(C)c3ccccc3-4)cc2-c2ccc(-c3cccc4c3c3ccccc3n4-c3ccccc3)cc21. The second-order valence-corrected chi connectivity index (χ2v) is 22.7. The molecule has 0 saturated carbocycles. The van der Waals surface area contributed by atoms with E-state index in [1.165, 1.54) is 126 Å². The largest absolute Gasteiger partial charge is 0.310 e. The second kappa shape index (κ2) is 16.4. The maximum Gasteiger partial charge on any atom is 0.0547 e. The molecule has 0 saturated heterocycles. The van der Waals surface area contributed by atoms with Crippen molar-refractivity contribution in [3.8, 4) is 61.3 Å². The second-order valence-electron chi connectivity index (χ2n) is 21.6. The van der Waals surface area contributed by atoms with Crippen molar-refractivity contribution in [2.45, 2.75) is 38.5 Å². The molecule has 3 heteroatoms. The Balaban J connectivity index is 0.849. The highest BCUT2D eigenvalue weighted by Gasteiger charge is 2.38. The summed E-state index contributed by atoms with van der Waals surface area (Å²) < 4.78 is 5.06. The van der Waals surface area contributed by atoms with Crippen molar-refractivity contribution in [3.05, 3.63) is 265 Å². The van der Waals surface area contributed by atoms with Gasteiger partial charge in [0.05, 0.1) is 16.7 Å². The number of aromatic nitrogens is 1. The molecule has 2 aliphatic rings.